The number of nitrogens with zero attached hydrogens (tertiary/aromatic N) is 4. The van der Waals surface area contributed by atoms with E-state index < -0.39 is 0 Å². The Balaban J connectivity index is 1.03. The molecular formula is C59H36N4S. The molecule has 0 unspecified atom stereocenters. The highest BCUT2D eigenvalue weighted by atomic mass is 32.2. The Morgan fingerprint density at radius 2 is 1.02 bits per heavy atom. The molecule has 14 rings (SSSR count). The zero-order valence-corrected chi connectivity index (χ0v) is 35.6. The first-order valence-corrected chi connectivity index (χ1v) is 23.0. The molecule has 0 aliphatic rings. The lowest BCUT2D eigenvalue weighted by atomic mass is 9.95. The summed E-state index contributed by atoms with van der Waals surface area (Å²) in [5, 5.41) is 13.3. The van der Waals surface area contributed by atoms with Crippen LogP contribution < -0.4 is 0 Å². The molecule has 0 bridgehead atoms. The van der Waals surface area contributed by atoms with E-state index in [2.05, 4.69) is 215 Å². The third kappa shape index (κ3) is 5.01. The molecule has 0 aliphatic carbocycles. The average Bonchev–Trinajstić information content (AvgIpc) is 4.01. The van der Waals surface area contributed by atoms with Crippen LogP contribution in [0.15, 0.2) is 205 Å². The third-order valence-electron chi connectivity index (χ3n) is 13.5. The zero-order valence-electron chi connectivity index (χ0n) is 34.7. The lowest BCUT2D eigenvalue weighted by Gasteiger charge is -2.13. The monoisotopic (exact) mass is 832 g/mol. The van der Waals surface area contributed by atoms with Gasteiger partial charge in [-0.3, -0.25) is 4.57 Å². The lowest BCUT2D eigenvalue weighted by molar-refractivity contribution is 1.02. The second kappa shape index (κ2) is 13.5. The fourth-order valence-corrected chi connectivity index (χ4v) is 11.3. The minimum Gasteiger partial charge on any atom is -0.308 e. The summed E-state index contributed by atoms with van der Waals surface area (Å²) in [7, 11) is 0. The standard InChI is InChI=1S/C59H36N4S/c1-64-54-22-12-9-16-41(54)39-24-23-36-26-30-53-55(46(36)32-39)49-34-40(33-48-44-19-8-10-20-50(44)62(53)58(48)49)38-27-29-52-47(31-38)43-18-7-11-21-51(43)63(52)59-60-56(37-14-3-2-4-15-37)45-28-25-35-13-5-6-17-42(35)57(45)61-59/h2-34H,1H3. The van der Waals surface area contributed by atoms with Crippen LogP contribution in [0.5, 0.6) is 0 Å². The predicted octanol–water partition coefficient (Wildman–Crippen LogP) is 15.9. The largest absolute Gasteiger partial charge is 0.308 e. The molecule has 0 aliphatic heterocycles. The normalized spacial score (nSPS) is 12.2. The van der Waals surface area contributed by atoms with Gasteiger partial charge in [-0.1, -0.05) is 140 Å². The highest BCUT2D eigenvalue weighted by Gasteiger charge is 2.23. The molecular weight excluding hydrogens is 797 g/mol. The van der Waals surface area contributed by atoms with Gasteiger partial charge in [-0.25, -0.2) is 9.97 Å². The van der Waals surface area contributed by atoms with E-state index in [-0.39, 0.29) is 0 Å². The number of rotatable bonds is 5. The highest BCUT2D eigenvalue weighted by Crippen LogP contribution is 2.46. The molecule has 0 saturated carbocycles. The Kier molecular flexibility index (Phi) is 7.51. The van der Waals surface area contributed by atoms with Gasteiger partial charge in [-0.05, 0) is 105 Å². The first kappa shape index (κ1) is 35.6. The Labute approximate surface area is 372 Å². The number of para-hydroxylation sites is 2. The van der Waals surface area contributed by atoms with Gasteiger partial charge in [0.15, 0.2) is 0 Å². The van der Waals surface area contributed by atoms with Crippen LogP contribution in [0.25, 0.3) is 132 Å². The molecule has 0 saturated heterocycles. The van der Waals surface area contributed by atoms with Gasteiger partial charge in [0.05, 0.1) is 38.8 Å². The Bertz CT molecular complexity index is 4240. The molecule has 0 spiro atoms. The molecule has 4 aromatic heterocycles. The summed E-state index contributed by atoms with van der Waals surface area (Å²) in [5.41, 5.74) is 13.7. The van der Waals surface area contributed by atoms with Crippen LogP contribution in [0.3, 0.4) is 0 Å². The summed E-state index contributed by atoms with van der Waals surface area (Å²) in [4.78, 5) is 12.1. The Morgan fingerprint density at radius 1 is 0.391 bits per heavy atom. The first-order valence-electron chi connectivity index (χ1n) is 21.8. The maximum absolute atomic E-state index is 5.43. The molecule has 4 heterocycles. The maximum Gasteiger partial charge on any atom is 0.235 e. The van der Waals surface area contributed by atoms with E-state index in [1.165, 1.54) is 81.4 Å². The van der Waals surface area contributed by atoms with Crippen molar-refractivity contribution in [3.8, 4) is 39.5 Å². The molecule has 5 heteroatoms. The van der Waals surface area contributed by atoms with Gasteiger partial charge in [0.2, 0.25) is 5.95 Å². The molecule has 14 aromatic rings. The summed E-state index contributed by atoms with van der Waals surface area (Å²) in [6, 6.07) is 73.1. The topological polar surface area (TPSA) is 35.1 Å². The summed E-state index contributed by atoms with van der Waals surface area (Å²) in [6.45, 7) is 0. The van der Waals surface area contributed by atoms with Gasteiger partial charge in [-0.15, -0.1) is 11.8 Å². The van der Waals surface area contributed by atoms with Crippen molar-refractivity contribution in [3.63, 3.8) is 0 Å². The molecule has 0 atom stereocenters. The van der Waals surface area contributed by atoms with Gasteiger partial charge in [-0.2, -0.15) is 0 Å². The van der Waals surface area contributed by atoms with E-state index in [1.54, 1.807) is 11.8 Å². The number of fused-ring (bicyclic) bond motifs is 14. The van der Waals surface area contributed by atoms with Crippen molar-refractivity contribution in [1.29, 1.82) is 0 Å². The smallest absolute Gasteiger partial charge is 0.235 e. The van der Waals surface area contributed by atoms with Gasteiger partial charge in [0.1, 0.15) is 0 Å². The van der Waals surface area contributed by atoms with Crippen molar-refractivity contribution in [2.45, 2.75) is 4.90 Å². The molecule has 10 aromatic carbocycles. The number of hydrogen-bond donors (Lipinski definition) is 0. The van der Waals surface area contributed by atoms with Crippen LogP contribution in [-0.2, 0) is 0 Å². The quantitative estimate of drug-likeness (QED) is 0.128. The van der Waals surface area contributed by atoms with Crippen molar-refractivity contribution >= 4 is 104 Å². The van der Waals surface area contributed by atoms with Crippen molar-refractivity contribution < 1.29 is 0 Å². The van der Waals surface area contributed by atoms with Crippen molar-refractivity contribution in [1.82, 2.24) is 18.9 Å². The SMILES string of the molecule is CSc1ccccc1-c1ccc2ccc3c(c2c1)c1cc(-c2ccc4c(c2)c2ccccc2n4-c2nc(-c4ccccc4)c4ccc5ccccc5c4n2)cc2c4ccccc4n3c21. The maximum atomic E-state index is 5.43. The summed E-state index contributed by atoms with van der Waals surface area (Å²) >= 11 is 1.80. The van der Waals surface area contributed by atoms with Gasteiger partial charge in [0.25, 0.3) is 0 Å². The highest BCUT2D eigenvalue weighted by molar-refractivity contribution is 7.98. The average molecular weight is 833 g/mol. The number of thioether (sulfide) groups is 1. The van der Waals surface area contributed by atoms with Crippen LogP contribution >= 0.6 is 11.8 Å². The summed E-state index contributed by atoms with van der Waals surface area (Å²) < 4.78 is 4.75. The molecule has 4 nitrogen and oxygen atoms in total. The van der Waals surface area contributed by atoms with Crippen molar-refractivity contribution in [2.75, 3.05) is 6.26 Å². The number of benzene rings is 10. The van der Waals surface area contributed by atoms with Crippen LogP contribution in [-0.4, -0.2) is 25.2 Å². The Morgan fingerprint density at radius 3 is 1.89 bits per heavy atom. The van der Waals surface area contributed by atoms with Crippen molar-refractivity contribution in [3.05, 3.63) is 200 Å². The minimum atomic E-state index is 0.659. The predicted molar refractivity (Wildman–Crippen MR) is 272 cm³/mol. The third-order valence-corrected chi connectivity index (χ3v) is 14.3. The van der Waals surface area contributed by atoms with Crippen LogP contribution in [0.1, 0.15) is 0 Å². The van der Waals surface area contributed by atoms with Crippen LogP contribution in [0.4, 0.5) is 0 Å². The number of hydrogen-bond acceptors (Lipinski definition) is 3. The van der Waals surface area contributed by atoms with Gasteiger partial charge < -0.3 is 4.40 Å². The number of aromatic nitrogens is 4. The summed E-state index contributed by atoms with van der Waals surface area (Å²) in [6.07, 6.45) is 2.16. The second-order valence-corrected chi connectivity index (χ2v) is 17.7. The zero-order chi connectivity index (χ0) is 42.0. The van der Waals surface area contributed by atoms with Gasteiger partial charge >= 0.3 is 0 Å². The minimum absolute atomic E-state index is 0.659. The summed E-state index contributed by atoms with van der Waals surface area (Å²) in [5.74, 6) is 0.659. The van der Waals surface area contributed by atoms with Crippen LogP contribution in [0, 0.1) is 0 Å². The fourth-order valence-electron chi connectivity index (χ4n) is 10.7. The van der Waals surface area contributed by atoms with E-state index in [4.69, 9.17) is 9.97 Å². The van der Waals surface area contributed by atoms with E-state index in [0.29, 0.717) is 5.95 Å². The van der Waals surface area contributed by atoms with E-state index in [0.717, 1.165) is 49.4 Å². The lowest BCUT2D eigenvalue weighted by Crippen LogP contribution is -2.03. The van der Waals surface area contributed by atoms with E-state index in [9.17, 15) is 0 Å². The molecule has 0 radical (unpaired) electrons. The van der Waals surface area contributed by atoms with Crippen molar-refractivity contribution in [2.24, 2.45) is 0 Å². The molecule has 298 valence electrons. The second-order valence-electron chi connectivity index (χ2n) is 16.9. The fraction of sp³-hybridized carbons (Fsp3) is 0.0169. The molecule has 0 fully saturated rings. The Hall–Kier alpha value is -7.99. The first-order chi connectivity index (χ1) is 31.7. The van der Waals surface area contributed by atoms with Gasteiger partial charge in [0, 0.05) is 53.5 Å². The van der Waals surface area contributed by atoms with Crippen LogP contribution in [0.2, 0.25) is 0 Å². The molecule has 64 heavy (non-hydrogen) atoms. The van der Waals surface area contributed by atoms with E-state index in [1.807, 2.05) is 0 Å². The molecule has 0 amide bonds. The van der Waals surface area contributed by atoms with E-state index >= 15 is 0 Å². The molecule has 0 N–H and O–H groups in total.